The van der Waals surface area contributed by atoms with Gasteiger partial charge in [0.2, 0.25) is 0 Å². The number of nitriles is 1. The number of rotatable bonds is 18. The number of nitrogens with one attached hydrogen (secondary N) is 1. The van der Waals surface area contributed by atoms with Crippen molar-refractivity contribution in [2.24, 2.45) is 0 Å². The first-order valence-corrected chi connectivity index (χ1v) is 9.57. The molecule has 130 valence electrons. The lowest BCUT2D eigenvalue weighted by atomic mass is 10.1. The van der Waals surface area contributed by atoms with Crippen LogP contribution < -0.4 is 5.32 Å². The van der Waals surface area contributed by atoms with E-state index in [1.54, 1.807) is 0 Å². The fourth-order valence-electron chi connectivity index (χ4n) is 2.54. The average molecular weight is 311 g/mol. The van der Waals surface area contributed by atoms with Crippen LogP contribution in [0.25, 0.3) is 0 Å². The Morgan fingerprint density at radius 3 is 1.86 bits per heavy atom. The van der Waals surface area contributed by atoms with Crippen LogP contribution in [-0.4, -0.2) is 26.3 Å². The zero-order chi connectivity index (χ0) is 16.1. The van der Waals surface area contributed by atoms with E-state index >= 15 is 0 Å². The van der Waals surface area contributed by atoms with Gasteiger partial charge in [0.15, 0.2) is 0 Å². The van der Waals surface area contributed by atoms with Gasteiger partial charge >= 0.3 is 0 Å². The van der Waals surface area contributed by atoms with Crippen molar-refractivity contribution < 1.29 is 4.74 Å². The highest BCUT2D eigenvalue weighted by molar-refractivity contribution is 4.69. The third-order valence-electron chi connectivity index (χ3n) is 3.95. The van der Waals surface area contributed by atoms with Crippen LogP contribution in [0, 0.1) is 11.3 Å². The fourth-order valence-corrected chi connectivity index (χ4v) is 2.54. The molecule has 3 nitrogen and oxygen atoms in total. The molecule has 0 aromatic carbocycles. The molecular weight excluding hydrogens is 272 g/mol. The summed E-state index contributed by atoms with van der Waals surface area (Å²) < 4.78 is 5.62. The van der Waals surface area contributed by atoms with Crippen LogP contribution in [0.15, 0.2) is 0 Å². The molecule has 0 aromatic rings. The van der Waals surface area contributed by atoms with E-state index in [4.69, 9.17) is 10.00 Å². The molecule has 22 heavy (non-hydrogen) atoms. The Hall–Kier alpha value is -0.590. The molecule has 0 spiro atoms. The van der Waals surface area contributed by atoms with Crippen molar-refractivity contribution in [1.29, 1.82) is 5.26 Å². The first-order valence-electron chi connectivity index (χ1n) is 9.57. The zero-order valence-electron chi connectivity index (χ0n) is 14.9. The van der Waals surface area contributed by atoms with E-state index < -0.39 is 0 Å². The van der Waals surface area contributed by atoms with Gasteiger partial charge in [-0.1, -0.05) is 71.1 Å². The van der Waals surface area contributed by atoms with Gasteiger partial charge in [-0.2, -0.15) is 5.26 Å². The fraction of sp³-hybridized carbons (Fsp3) is 0.947. The lowest BCUT2D eigenvalue weighted by molar-refractivity contribution is 0.127. The van der Waals surface area contributed by atoms with Crippen molar-refractivity contribution in [3.63, 3.8) is 0 Å². The largest absolute Gasteiger partial charge is 0.381 e. The molecule has 0 aliphatic carbocycles. The first kappa shape index (κ1) is 21.4. The Kier molecular flexibility index (Phi) is 19.9. The third kappa shape index (κ3) is 19.4. The maximum atomic E-state index is 8.39. The molecule has 0 aliphatic rings. The van der Waals surface area contributed by atoms with E-state index in [9.17, 15) is 0 Å². The normalized spacial score (nSPS) is 10.7. The van der Waals surface area contributed by atoms with E-state index in [2.05, 4.69) is 18.3 Å². The standard InChI is InChI=1S/C19H38N2O/c1-2-3-4-5-6-7-8-9-10-11-12-18-22-19-14-17-21-16-13-15-20/h21H,2-14,16-19H2,1H3. The maximum absolute atomic E-state index is 8.39. The molecule has 0 aliphatic heterocycles. The molecule has 0 fully saturated rings. The number of nitrogens with zero attached hydrogens (tertiary/aromatic N) is 1. The first-order chi connectivity index (χ1) is 10.9. The summed E-state index contributed by atoms with van der Waals surface area (Å²) in [6.07, 6.45) is 16.8. The molecule has 0 saturated carbocycles. The van der Waals surface area contributed by atoms with Gasteiger partial charge in [-0.05, 0) is 19.4 Å². The molecule has 0 rings (SSSR count). The van der Waals surface area contributed by atoms with Crippen LogP contribution in [0.3, 0.4) is 0 Å². The molecule has 0 atom stereocenters. The van der Waals surface area contributed by atoms with Gasteiger partial charge in [-0.25, -0.2) is 0 Å². The van der Waals surface area contributed by atoms with Gasteiger partial charge in [-0.15, -0.1) is 0 Å². The Balaban J connectivity index is 2.93. The van der Waals surface area contributed by atoms with Crippen molar-refractivity contribution in [1.82, 2.24) is 5.32 Å². The van der Waals surface area contributed by atoms with Gasteiger partial charge < -0.3 is 10.1 Å². The zero-order valence-corrected chi connectivity index (χ0v) is 14.9. The predicted octanol–water partition coefficient (Wildman–Crippen LogP) is 5.21. The monoisotopic (exact) mass is 310 g/mol. The third-order valence-corrected chi connectivity index (χ3v) is 3.95. The van der Waals surface area contributed by atoms with E-state index in [1.165, 1.54) is 70.6 Å². The van der Waals surface area contributed by atoms with Gasteiger partial charge in [-0.3, -0.25) is 0 Å². The van der Waals surface area contributed by atoms with E-state index in [1.807, 2.05) is 0 Å². The maximum Gasteiger partial charge on any atom is 0.0635 e. The van der Waals surface area contributed by atoms with E-state index in [0.29, 0.717) is 6.42 Å². The molecule has 0 bridgehead atoms. The highest BCUT2D eigenvalue weighted by Crippen LogP contribution is 2.11. The molecule has 3 heteroatoms. The van der Waals surface area contributed by atoms with E-state index in [-0.39, 0.29) is 0 Å². The second-order valence-corrected chi connectivity index (χ2v) is 6.16. The summed E-state index contributed by atoms with van der Waals surface area (Å²) in [6.45, 7) is 5.79. The van der Waals surface area contributed by atoms with Crippen LogP contribution in [0.4, 0.5) is 0 Å². The Morgan fingerprint density at radius 2 is 1.27 bits per heavy atom. The number of hydrogen-bond acceptors (Lipinski definition) is 3. The summed E-state index contributed by atoms with van der Waals surface area (Å²) in [4.78, 5) is 0. The second kappa shape index (κ2) is 20.4. The van der Waals surface area contributed by atoms with Crippen molar-refractivity contribution in [3.05, 3.63) is 0 Å². The molecular formula is C19H38N2O. The van der Waals surface area contributed by atoms with Gasteiger partial charge in [0.1, 0.15) is 0 Å². The number of hydrogen-bond donors (Lipinski definition) is 1. The Labute approximate surface area is 138 Å². The molecule has 0 amide bonds. The number of ether oxygens (including phenoxy) is 1. The summed E-state index contributed by atoms with van der Waals surface area (Å²) in [6, 6.07) is 2.13. The molecule has 0 radical (unpaired) electrons. The van der Waals surface area contributed by atoms with Crippen molar-refractivity contribution in [3.8, 4) is 6.07 Å². The lowest BCUT2D eigenvalue weighted by Gasteiger charge is -2.05. The summed E-state index contributed by atoms with van der Waals surface area (Å²) in [5.41, 5.74) is 0. The minimum Gasteiger partial charge on any atom is -0.381 e. The minimum absolute atomic E-state index is 0.597. The minimum atomic E-state index is 0.597. The van der Waals surface area contributed by atoms with Gasteiger partial charge in [0.05, 0.1) is 6.07 Å². The van der Waals surface area contributed by atoms with Crippen molar-refractivity contribution in [2.75, 3.05) is 26.3 Å². The highest BCUT2D eigenvalue weighted by atomic mass is 16.5. The second-order valence-electron chi connectivity index (χ2n) is 6.16. The quantitative estimate of drug-likeness (QED) is 0.354. The van der Waals surface area contributed by atoms with E-state index in [0.717, 1.165) is 32.7 Å². The SMILES string of the molecule is CCCCCCCCCCCCCOCCCNCCC#N. The predicted molar refractivity (Wildman–Crippen MR) is 95.0 cm³/mol. The molecule has 1 N–H and O–H groups in total. The topological polar surface area (TPSA) is 45.0 Å². The van der Waals surface area contributed by atoms with Crippen molar-refractivity contribution in [2.45, 2.75) is 90.4 Å². The summed E-state index contributed by atoms with van der Waals surface area (Å²) >= 11 is 0. The smallest absolute Gasteiger partial charge is 0.0635 e. The lowest BCUT2D eigenvalue weighted by Crippen LogP contribution is -2.17. The van der Waals surface area contributed by atoms with Crippen LogP contribution in [0.2, 0.25) is 0 Å². The molecule has 0 aromatic heterocycles. The van der Waals surface area contributed by atoms with Crippen LogP contribution in [-0.2, 0) is 4.74 Å². The Bertz CT molecular complexity index is 238. The summed E-state index contributed by atoms with van der Waals surface area (Å²) in [5, 5.41) is 11.6. The summed E-state index contributed by atoms with van der Waals surface area (Å²) in [7, 11) is 0. The van der Waals surface area contributed by atoms with Gasteiger partial charge in [0.25, 0.3) is 0 Å². The van der Waals surface area contributed by atoms with Crippen molar-refractivity contribution >= 4 is 0 Å². The molecule has 0 saturated heterocycles. The number of unbranched alkanes of at least 4 members (excludes halogenated alkanes) is 10. The molecule has 0 unspecified atom stereocenters. The van der Waals surface area contributed by atoms with Crippen LogP contribution >= 0.6 is 0 Å². The average Bonchev–Trinajstić information content (AvgIpc) is 2.54. The van der Waals surface area contributed by atoms with Crippen LogP contribution in [0.1, 0.15) is 90.4 Å². The highest BCUT2D eigenvalue weighted by Gasteiger charge is 1.94. The van der Waals surface area contributed by atoms with Crippen LogP contribution in [0.5, 0.6) is 0 Å². The Morgan fingerprint density at radius 1 is 0.727 bits per heavy atom. The van der Waals surface area contributed by atoms with Gasteiger partial charge in [0, 0.05) is 26.2 Å². The summed E-state index contributed by atoms with van der Waals surface area (Å²) in [5.74, 6) is 0. The molecule has 0 heterocycles.